The van der Waals surface area contributed by atoms with Crippen LogP contribution in [0.3, 0.4) is 0 Å². The average Bonchev–Trinajstić information content (AvgIpc) is 1.50. The summed E-state index contributed by atoms with van der Waals surface area (Å²) < 4.78 is 15.0. The lowest BCUT2D eigenvalue weighted by molar-refractivity contribution is 0.660. The predicted octanol–water partition coefficient (Wildman–Crippen LogP) is 35.1. The summed E-state index contributed by atoms with van der Waals surface area (Å²) in [5, 5.41) is 22.5. The number of rotatable bonds is 6. The molecule has 3 aliphatic rings. The monoisotopic (exact) mass is 1650 g/mol. The third-order valence-corrected chi connectivity index (χ3v) is 29.3. The Morgan fingerprint density at radius 3 is 0.961 bits per heavy atom. The zero-order chi connectivity index (χ0) is 86.6. The van der Waals surface area contributed by atoms with Crippen LogP contribution in [0.25, 0.3) is 225 Å². The molecular weight excluding hydrogens is 1560 g/mol. The lowest BCUT2D eigenvalue weighted by atomic mass is 9.80. The highest BCUT2D eigenvalue weighted by molar-refractivity contribution is 6.28. The fraction of sp³-hybridized carbons (Fsp3) is 0.0952. The van der Waals surface area contributed by atoms with Crippen LogP contribution in [0.2, 0.25) is 0 Å². The maximum absolute atomic E-state index is 6.34. The summed E-state index contributed by atoms with van der Waals surface area (Å²) in [4.78, 5) is 0. The zero-order valence-corrected chi connectivity index (χ0v) is 73.7. The average molecular weight is 1650 g/mol. The van der Waals surface area contributed by atoms with Crippen molar-refractivity contribution in [3.8, 4) is 94.7 Å². The van der Waals surface area contributed by atoms with Crippen LogP contribution in [0.15, 0.2) is 397 Å². The SMILES string of the molecule is Cc1ccc2c(-c3ccc4oc5ccccc5c4c3)c3ccccc3c(-c3ccc4c(c3)C(C)(C)c3ccccc3-4)c2c1.Cc1ccc2c(-c3cccc4oc5ccccc5c34)c3ccccc3c(-c3ccc4c(c3)C(C)(C)c3ccccc3-4)c2c1.Cc1ccc2c(-n3c4ccccc4c4ccccc43)c3ccccc3c(-c3ccc4c(c3)C(C)(C)c3ccccc3-4)c2c1. The molecule has 24 aromatic rings. The van der Waals surface area contributed by atoms with Gasteiger partial charge < -0.3 is 13.4 Å². The van der Waals surface area contributed by atoms with Crippen LogP contribution in [0.4, 0.5) is 0 Å². The van der Waals surface area contributed by atoms with E-state index in [1.165, 1.54) is 237 Å². The van der Waals surface area contributed by atoms with E-state index < -0.39 is 0 Å². The lowest BCUT2D eigenvalue weighted by Crippen LogP contribution is -2.14. The van der Waals surface area contributed by atoms with Gasteiger partial charge in [0.1, 0.15) is 22.3 Å². The lowest BCUT2D eigenvalue weighted by Gasteiger charge is -2.23. The summed E-state index contributed by atoms with van der Waals surface area (Å²) >= 11 is 0. The van der Waals surface area contributed by atoms with E-state index in [1.807, 2.05) is 18.2 Å². The quantitative estimate of drug-likeness (QED) is 0.155. The number of hydrogen-bond acceptors (Lipinski definition) is 2. The highest BCUT2D eigenvalue weighted by Gasteiger charge is 2.39. The fourth-order valence-electron chi connectivity index (χ4n) is 23.2. The number of aromatic nitrogens is 1. The van der Waals surface area contributed by atoms with Crippen LogP contribution < -0.4 is 0 Å². The van der Waals surface area contributed by atoms with E-state index in [0.29, 0.717) is 0 Å². The Hall–Kier alpha value is -15.4. The number of nitrogens with zero attached hydrogens (tertiary/aromatic N) is 1. The topological polar surface area (TPSA) is 31.2 Å². The molecule has 0 aliphatic heterocycles. The molecule has 0 radical (unpaired) electrons. The first kappa shape index (κ1) is 76.1. The Morgan fingerprint density at radius 1 is 0.186 bits per heavy atom. The van der Waals surface area contributed by atoms with Crippen LogP contribution in [0.1, 0.15) is 91.6 Å². The Labute approximate surface area is 750 Å². The third-order valence-electron chi connectivity index (χ3n) is 29.3. The molecule has 3 heteroatoms. The highest BCUT2D eigenvalue weighted by Crippen LogP contribution is 2.57. The summed E-state index contributed by atoms with van der Waals surface area (Å²) in [6.07, 6.45) is 0. The van der Waals surface area contributed by atoms with E-state index in [0.717, 1.165) is 38.5 Å². The standard InChI is InChI=1S/C42H31N.2C42H30O/c1-26-20-22-34-35(24-26)40(27-21-23-29-28-12-6-9-17-36(28)42(2,3)37(29)25-27)32-15-4-5-16-33(32)41(34)43-38-18-10-7-13-30(38)31-14-8-11-19-39(31)43;1-25-19-21-31-34(23-25)39(26-20-22-28-27-11-6-8-16-35(27)42(2,3)36(28)24-26)29-12-4-5-13-30(29)40(31)33-15-10-18-38-41(33)32-14-7-9-17-37(32)43-38;1-25-16-19-33-35(22-25)41(27-17-20-29-28-10-6-8-14-36(28)42(2,3)37(29)24-27)32-13-5-4-12-31(32)40(33)26-18-21-39-34(23-26)30-11-7-9-15-38(30)43-39/h4-25H,1-3H3;2*4-24H,1-3H3. The minimum Gasteiger partial charge on any atom is -0.456 e. The predicted molar refractivity (Wildman–Crippen MR) is 547 cm³/mol. The number of furan rings is 2. The summed E-state index contributed by atoms with van der Waals surface area (Å²) in [6.45, 7) is 20.8. The maximum atomic E-state index is 6.34. The molecule has 0 saturated carbocycles. The smallest absolute Gasteiger partial charge is 0.136 e. The van der Waals surface area contributed by atoms with Crippen LogP contribution in [0.5, 0.6) is 0 Å². The van der Waals surface area contributed by atoms with Crippen LogP contribution >= 0.6 is 0 Å². The van der Waals surface area contributed by atoms with Gasteiger partial charge in [0, 0.05) is 59.3 Å². The maximum Gasteiger partial charge on any atom is 0.136 e. The number of benzene rings is 21. The Morgan fingerprint density at radius 2 is 0.481 bits per heavy atom. The molecule has 0 bridgehead atoms. The van der Waals surface area contributed by atoms with Gasteiger partial charge in [0.2, 0.25) is 0 Å². The van der Waals surface area contributed by atoms with Crippen LogP contribution in [-0.2, 0) is 16.2 Å². The number of fused-ring (bicyclic) bond motifs is 24. The highest BCUT2D eigenvalue weighted by atomic mass is 16.3. The summed E-state index contributed by atoms with van der Waals surface area (Å²) in [5.74, 6) is 0. The first-order valence-electron chi connectivity index (χ1n) is 45.4. The van der Waals surface area contributed by atoms with E-state index >= 15 is 0 Å². The second kappa shape index (κ2) is 28.5. The van der Waals surface area contributed by atoms with E-state index in [4.69, 9.17) is 8.83 Å². The molecule has 0 atom stereocenters. The van der Waals surface area contributed by atoms with Crippen molar-refractivity contribution < 1.29 is 8.83 Å². The third kappa shape index (κ3) is 11.4. The largest absolute Gasteiger partial charge is 0.456 e. The molecule has 0 saturated heterocycles. The molecule has 21 aromatic carbocycles. The van der Waals surface area contributed by atoms with Gasteiger partial charge in [-0.1, -0.05) is 386 Å². The molecule has 3 heterocycles. The van der Waals surface area contributed by atoms with Gasteiger partial charge in [0.25, 0.3) is 0 Å². The summed E-state index contributed by atoms with van der Waals surface area (Å²) in [5.41, 5.74) is 40.3. The molecule has 0 amide bonds. The van der Waals surface area contributed by atoms with Gasteiger partial charge in [0.05, 0.1) is 16.7 Å². The first-order chi connectivity index (χ1) is 63.0. The molecule has 0 unspecified atom stereocenters. The first-order valence-corrected chi connectivity index (χ1v) is 45.4. The van der Waals surface area contributed by atoms with Gasteiger partial charge in [-0.2, -0.15) is 0 Å². The summed E-state index contributed by atoms with van der Waals surface area (Å²) in [7, 11) is 0. The normalized spacial score (nSPS) is 13.7. The van der Waals surface area contributed by atoms with Gasteiger partial charge in [-0.05, 0) is 258 Å². The molecule has 0 N–H and O–H groups in total. The van der Waals surface area contributed by atoms with Crippen molar-refractivity contribution in [2.75, 3.05) is 0 Å². The molecule has 129 heavy (non-hydrogen) atoms. The van der Waals surface area contributed by atoms with Crippen molar-refractivity contribution in [1.29, 1.82) is 0 Å². The summed E-state index contributed by atoms with van der Waals surface area (Å²) in [6, 6.07) is 143. The van der Waals surface area contributed by atoms with Crippen molar-refractivity contribution >= 4 is 130 Å². The Balaban J connectivity index is 0.000000105. The molecule has 27 rings (SSSR count). The van der Waals surface area contributed by atoms with E-state index in [1.54, 1.807) is 0 Å². The number of hydrogen-bond donors (Lipinski definition) is 0. The Bertz CT molecular complexity index is 8890. The molecule has 0 fully saturated rings. The second-order valence-corrected chi connectivity index (χ2v) is 37.8. The number of aryl methyl sites for hydroxylation is 3. The van der Waals surface area contributed by atoms with Crippen molar-refractivity contribution in [3.63, 3.8) is 0 Å². The molecule has 3 nitrogen and oxygen atoms in total. The van der Waals surface area contributed by atoms with E-state index in [2.05, 4.69) is 437 Å². The van der Waals surface area contributed by atoms with Gasteiger partial charge in [-0.15, -0.1) is 0 Å². The van der Waals surface area contributed by atoms with E-state index in [9.17, 15) is 0 Å². The fourth-order valence-corrected chi connectivity index (χ4v) is 23.2. The van der Waals surface area contributed by atoms with Crippen molar-refractivity contribution in [1.82, 2.24) is 4.57 Å². The minimum absolute atomic E-state index is 0.0492. The van der Waals surface area contributed by atoms with Gasteiger partial charge in [-0.3, -0.25) is 0 Å². The Kier molecular flexibility index (Phi) is 16.8. The zero-order valence-electron chi connectivity index (χ0n) is 73.7. The molecule has 0 spiro atoms. The van der Waals surface area contributed by atoms with E-state index in [-0.39, 0.29) is 16.2 Å². The van der Waals surface area contributed by atoms with Crippen LogP contribution in [0, 0.1) is 20.8 Å². The molecule has 612 valence electrons. The van der Waals surface area contributed by atoms with Crippen molar-refractivity contribution in [2.45, 2.75) is 78.6 Å². The van der Waals surface area contributed by atoms with Gasteiger partial charge >= 0.3 is 0 Å². The molecule has 3 aliphatic carbocycles. The van der Waals surface area contributed by atoms with Crippen LogP contribution in [-0.4, -0.2) is 4.57 Å². The van der Waals surface area contributed by atoms with Crippen molar-refractivity contribution in [3.05, 3.63) is 438 Å². The number of para-hydroxylation sites is 4. The van der Waals surface area contributed by atoms with Gasteiger partial charge in [0.15, 0.2) is 0 Å². The second-order valence-electron chi connectivity index (χ2n) is 37.8. The molecular formula is C126H91NO2. The van der Waals surface area contributed by atoms with Crippen molar-refractivity contribution in [2.24, 2.45) is 0 Å². The minimum atomic E-state index is -0.0542. The van der Waals surface area contributed by atoms with Gasteiger partial charge in [-0.25, -0.2) is 0 Å². The molecule has 3 aromatic heterocycles.